The molecule has 2 aromatic rings. The Morgan fingerprint density at radius 1 is 1.25 bits per heavy atom. The van der Waals surface area contributed by atoms with Crippen molar-refractivity contribution < 1.29 is 18.0 Å². The molecule has 1 aromatic heterocycles. The van der Waals surface area contributed by atoms with E-state index in [2.05, 4.69) is 15.7 Å². The van der Waals surface area contributed by atoms with Gasteiger partial charge in [-0.25, -0.2) is 4.68 Å². The van der Waals surface area contributed by atoms with E-state index in [1.807, 2.05) is 6.92 Å². The predicted octanol–water partition coefficient (Wildman–Crippen LogP) is 2.65. The molecule has 2 N–H and O–H groups in total. The minimum atomic E-state index is -4.49. The number of hydrogen-bond acceptors (Lipinski definition) is 3. The van der Waals surface area contributed by atoms with Gasteiger partial charge in [-0.3, -0.25) is 4.79 Å². The molecule has 0 aliphatic carbocycles. The lowest BCUT2D eigenvalue weighted by atomic mass is 10.2. The van der Waals surface area contributed by atoms with E-state index in [1.165, 1.54) is 12.3 Å². The molecule has 9 heteroatoms. The average molecular weight is 363 g/mol. The number of hydrogen-bond donors (Lipinski definition) is 2. The molecular weight excluding hydrogens is 345 g/mol. The van der Waals surface area contributed by atoms with E-state index in [4.69, 9.17) is 0 Å². The zero-order chi connectivity index (χ0) is 16.9. The second-order valence-corrected chi connectivity index (χ2v) is 4.80. The zero-order valence-electron chi connectivity index (χ0n) is 12.9. The lowest BCUT2D eigenvalue weighted by Crippen LogP contribution is -2.31. The second kappa shape index (κ2) is 8.70. The van der Waals surface area contributed by atoms with Gasteiger partial charge in [-0.1, -0.05) is 13.0 Å². The van der Waals surface area contributed by atoms with E-state index >= 15 is 0 Å². The van der Waals surface area contributed by atoms with Crippen molar-refractivity contribution in [3.8, 4) is 5.69 Å². The molecule has 0 aliphatic heterocycles. The number of carbonyl (C=O) groups is 1. The standard InChI is InChI=1S/C15H17F3N4O.ClH/c1-2-19-7-8-20-14(23)11-4-3-5-12(10-11)22-9-6-13(21-22)15(16,17)18;/h3-6,9-10,19H,2,7-8H2,1H3,(H,20,23);1H. The van der Waals surface area contributed by atoms with Crippen molar-refractivity contribution in [3.05, 3.63) is 47.8 Å². The number of aromatic nitrogens is 2. The summed E-state index contributed by atoms with van der Waals surface area (Å²) in [5.41, 5.74) is -0.221. The fourth-order valence-corrected chi connectivity index (χ4v) is 1.95. The first-order valence-electron chi connectivity index (χ1n) is 7.14. The van der Waals surface area contributed by atoms with Gasteiger partial charge in [-0.15, -0.1) is 12.4 Å². The van der Waals surface area contributed by atoms with Crippen LogP contribution in [-0.4, -0.2) is 35.3 Å². The molecule has 132 valence electrons. The summed E-state index contributed by atoms with van der Waals surface area (Å²) in [6, 6.07) is 7.17. The fourth-order valence-electron chi connectivity index (χ4n) is 1.95. The number of likely N-dealkylation sites (N-methyl/N-ethyl adjacent to an activating group) is 1. The van der Waals surface area contributed by atoms with Gasteiger partial charge in [0.2, 0.25) is 0 Å². The maximum Gasteiger partial charge on any atom is 0.435 e. The van der Waals surface area contributed by atoms with Crippen molar-refractivity contribution in [3.63, 3.8) is 0 Å². The van der Waals surface area contributed by atoms with E-state index in [0.717, 1.165) is 17.3 Å². The number of rotatable bonds is 6. The molecule has 1 heterocycles. The van der Waals surface area contributed by atoms with Crippen LogP contribution >= 0.6 is 12.4 Å². The van der Waals surface area contributed by atoms with Crippen molar-refractivity contribution in [2.45, 2.75) is 13.1 Å². The van der Waals surface area contributed by atoms with Gasteiger partial charge in [-0.05, 0) is 30.8 Å². The summed E-state index contributed by atoms with van der Waals surface area (Å²) in [6.45, 7) is 3.89. The molecule has 2 rings (SSSR count). The lowest BCUT2D eigenvalue weighted by Gasteiger charge is -2.08. The maximum atomic E-state index is 12.6. The van der Waals surface area contributed by atoms with Crippen LogP contribution in [0.4, 0.5) is 13.2 Å². The number of amides is 1. The summed E-state index contributed by atoms with van der Waals surface area (Å²) < 4.78 is 38.8. The quantitative estimate of drug-likeness (QED) is 0.777. The molecule has 1 amide bonds. The maximum absolute atomic E-state index is 12.6. The third-order valence-corrected chi connectivity index (χ3v) is 3.09. The zero-order valence-corrected chi connectivity index (χ0v) is 13.7. The van der Waals surface area contributed by atoms with Crippen LogP contribution < -0.4 is 10.6 Å². The predicted molar refractivity (Wildman–Crippen MR) is 86.7 cm³/mol. The first kappa shape index (κ1) is 20.0. The van der Waals surface area contributed by atoms with E-state index in [-0.39, 0.29) is 18.3 Å². The molecule has 0 unspecified atom stereocenters. The number of nitrogens with zero attached hydrogens (tertiary/aromatic N) is 2. The van der Waals surface area contributed by atoms with Crippen molar-refractivity contribution in [1.29, 1.82) is 0 Å². The summed E-state index contributed by atoms with van der Waals surface area (Å²) in [7, 11) is 0. The van der Waals surface area contributed by atoms with E-state index in [0.29, 0.717) is 24.3 Å². The van der Waals surface area contributed by atoms with Gasteiger partial charge in [0.05, 0.1) is 5.69 Å². The Labute approximate surface area is 143 Å². The molecule has 0 spiro atoms. The van der Waals surface area contributed by atoms with Gasteiger partial charge in [0.25, 0.3) is 5.91 Å². The third-order valence-electron chi connectivity index (χ3n) is 3.09. The van der Waals surface area contributed by atoms with Crippen LogP contribution in [-0.2, 0) is 6.18 Å². The van der Waals surface area contributed by atoms with Crippen molar-refractivity contribution in [2.24, 2.45) is 0 Å². The number of carbonyl (C=O) groups excluding carboxylic acids is 1. The summed E-state index contributed by atoms with van der Waals surface area (Å²) in [4.78, 5) is 12.0. The van der Waals surface area contributed by atoms with Gasteiger partial charge >= 0.3 is 6.18 Å². The highest BCUT2D eigenvalue weighted by atomic mass is 35.5. The molecule has 0 saturated carbocycles. The van der Waals surface area contributed by atoms with Crippen LogP contribution in [0.5, 0.6) is 0 Å². The Kier molecular flexibility index (Phi) is 7.24. The summed E-state index contributed by atoms with van der Waals surface area (Å²) in [6.07, 6.45) is -3.28. The summed E-state index contributed by atoms with van der Waals surface area (Å²) >= 11 is 0. The number of benzene rings is 1. The molecule has 0 bridgehead atoms. The SMILES string of the molecule is CCNCCNC(=O)c1cccc(-n2ccc(C(F)(F)F)n2)c1.Cl. The van der Waals surface area contributed by atoms with Crippen molar-refractivity contribution in [2.75, 3.05) is 19.6 Å². The Balaban J connectivity index is 0.00000288. The lowest BCUT2D eigenvalue weighted by molar-refractivity contribution is -0.141. The largest absolute Gasteiger partial charge is 0.435 e. The van der Waals surface area contributed by atoms with Gasteiger partial charge in [0.15, 0.2) is 5.69 Å². The van der Waals surface area contributed by atoms with Crippen molar-refractivity contribution in [1.82, 2.24) is 20.4 Å². The molecular formula is C15H18ClF3N4O. The molecule has 1 aromatic carbocycles. The minimum absolute atomic E-state index is 0. The number of nitrogens with one attached hydrogen (secondary N) is 2. The highest BCUT2D eigenvalue weighted by Crippen LogP contribution is 2.27. The van der Waals surface area contributed by atoms with Crippen LogP contribution in [0.15, 0.2) is 36.5 Å². The van der Waals surface area contributed by atoms with Gasteiger partial charge in [0.1, 0.15) is 0 Å². The Bertz CT molecular complexity index is 673. The van der Waals surface area contributed by atoms with Gasteiger partial charge < -0.3 is 10.6 Å². The summed E-state index contributed by atoms with van der Waals surface area (Å²) in [5, 5.41) is 9.29. The van der Waals surface area contributed by atoms with Crippen LogP contribution in [0, 0.1) is 0 Å². The minimum Gasteiger partial charge on any atom is -0.351 e. The second-order valence-electron chi connectivity index (χ2n) is 4.80. The smallest absolute Gasteiger partial charge is 0.351 e. The normalized spacial score (nSPS) is 11.0. The van der Waals surface area contributed by atoms with Gasteiger partial charge in [-0.2, -0.15) is 18.3 Å². The fraction of sp³-hybridized carbons (Fsp3) is 0.333. The van der Waals surface area contributed by atoms with Crippen LogP contribution in [0.25, 0.3) is 5.69 Å². The van der Waals surface area contributed by atoms with E-state index < -0.39 is 11.9 Å². The van der Waals surface area contributed by atoms with Crippen molar-refractivity contribution >= 4 is 18.3 Å². The van der Waals surface area contributed by atoms with Crippen LogP contribution in [0.3, 0.4) is 0 Å². The molecule has 5 nitrogen and oxygen atoms in total. The molecule has 0 aliphatic rings. The Hall–Kier alpha value is -2.06. The third kappa shape index (κ3) is 5.24. The first-order chi connectivity index (χ1) is 10.9. The molecule has 24 heavy (non-hydrogen) atoms. The molecule has 0 saturated heterocycles. The van der Waals surface area contributed by atoms with E-state index in [1.54, 1.807) is 18.2 Å². The van der Waals surface area contributed by atoms with E-state index in [9.17, 15) is 18.0 Å². The number of halogens is 4. The average Bonchev–Trinajstić information content (AvgIpc) is 3.02. The topological polar surface area (TPSA) is 58.9 Å². The van der Waals surface area contributed by atoms with Gasteiger partial charge in [0, 0.05) is 24.8 Å². The molecule has 0 radical (unpaired) electrons. The number of alkyl halides is 3. The highest BCUT2D eigenvalue weighted by Gasteiger charge is 2.33. The Morgan fingerprint density at radius 2 is 2.00 bits per heavy atom. The van der Waals surface area contributed by atoms with Crippen LogP contribution in [0.2, 0.25) is 0 Å². The Morgan fingerprint density at radius 3 is 2.62 bits per heavy atom. The monoisotopic (exact) mass is 362 g/mol. The summed E-state index contributed by atoms with van der Waals surface area (Å²) in [5.74, 6) is -0.284. The molecule has 0 atom stereocenters. The van der Waals surface area contributed by atoms with Crippen LogP contribution in [0.1, 0.15) is 23.0 Å². The molecule has 0 fully saturated rings. The highest BCUT2D eigenvalue weighted by molar-refractivity contribution is 5.94. The first-order valence-corrected chi connectivity index (χ1v) is 7.14.